The zero-order valence-corrected chi connectivity index (χ0v) is 15.7. The first kappa shape index (κ1) is 20.6. The fraction of sp³-hybridized carbons (Fsp3) is 0.579. The van der Waals surface area contributed by atoms with Crippen molar-refractivity contribution in [2.24, 2.45) is 0 Å². The molecule has 3 rings (SSSR count). The van der Waals surface area contributed by atoms with Crippen LogP contribution in [-0.2, 0) is 11.3 Å². The Balaban J connectivity index is 1.57. The average Bonchev–Trinajstić information content (AvgIpc) is 3.11. The smallest absolute Gasteiger partial charge is 0.411 e. The molecule has 0 amide bonds. The van der Waals surface area contributed by atoms with E-state index in [1.807, 2.05) is 6.07 Å². The molecule has 0 bridgehead atoms. The van der Waals surface area contributed by atoms with Gasteiger partial charge in [0.05, 0.1) is 5.56 Å². The first-order valence-corrected chi connectivity index (χ1v) is 9.36. The Morgan fingerprint density at radius 1 is 1.25 bits per heavy atom. The van der Waals surface area contributed by atoms with E-state index in [4.69, 9.17) is 9.26 Å². The molecule has 1 aliphatic heterocycles. The third-order valence-electron chi connectivity index (χ3n) is 4.66. The number of nitrogens with zero attached hydrogens (tertiary/aromatic N) is 3. The predicted molar refractivity (Wildman–Crippen MR) is 95.8 cm³/mol. The third kappa shape index (κ3) is 5.93. The molecule has 1 atom stereocenters. The summed E-state index contributed by atoms with van der Waals surface area (Å²) in [5.74, 6) is 0.835. The van der Waals surface area contributed by atoms with Crippen molar-refractivity contribution in [2.45, 2.75) is 45.0 Å². The summed E-state index contributed by atoms with van der Waals surface area (Å²) in [6.07, 6.45) is -0.702. The highest BCUT2D eigenvalue weighted by molar-refractivity contribution is 5.62. The summed E-state index contributed by atoms with van der Waals surface area (Å²) in [6.45, 7) is 2.93. The van der Waals surface area contributed by atoms with Gasteiger partial charge >= 0.3 is 6.18 Å². The maximum absolute atomic E-state index is 12.1. The second-order valence-corrected chi connectivity index (χ2v) is 6.85. The molecular formula is C19H24F3N3O3. The lowest BCUT2D eigenvalue weighted by Crippen LogP contribution is -2.39. The summed E-state index contributed by atoms with van der Waals surface area (Å²) in [5, 5.41) is 3.67. The highest BCUT2D eigenvalue weighted by atomic mass is 19.4. The van der Waals surface area contributed by atoms with Gasteiger partial charge in [0.1, 0.15) is 25.6 Å². The summed E-state index contributed by atoms with van der Waals surface area (Å²) in [5.41, 5.74) is 0.601. The Labute approximate surface area is 161 Å². The van der Waals surface area contributed by atoms with Gasteiger partial charge in [0.2, 0.25) is 0 Å². The summed E-state index contributed by atoms with van der Waals surface area (Å²) in [4.78, 5) is 6.52. The molecule has 1 aromatic heterocycles. The lowest BCUT2D eigenvalue weighted by atomic mass is 10.0. The van der Waals surface area contributed by atoms with Crippen molar-refractivity contribution in [2.75, 3.05) is 26.3 Å². The summed E-state index contributed by atoms with van der Waals surface area (Å²) < 4.78 is 52.1. The lowest BCUT2D eigenvalue weighted by molar-refractivity contribution is -0.177. The number of rotatable bonds is 8. The van der Waals surface area contributed by atoms with Gasteiger partial charge in [-0.15, -0.1) is 0 Å². The molecule has 0 N–H and O–H groups in total. The second-order valence-electron chi connectivity index (χ2n) is 6.85. The van der Waals surface area contributed by atoms with Gasteiger partial charge in [0, 0.05) is 12.6 Å². The van der Waals surface area contributed by atoms with E-state index in [0.29, 0.717) is 24.0 Å². The van der Waals surface area contributed by atoms with E-state index in [-0.39, 0.29) is 18.3 Å². The SMILES string of the molecule is CC1CCCCN1CCOc1ccccc1-c1nc(COCC(F)(F)F)no1. The van der Waals surface area contributed by atoms with E-state index in [1.165, 1.54) is 19.3 Å². The normalized spacial score (nSPS) is 18.4. The third-order valence-corrected chi connectivity index (χ3v) is 4.66. The Kier molecular flexibility index (Phi) is 6.90. The molecule has 1 unspecified atom stereocenters. The zero-order valence-electron chi connectivity index (χ0n) is 15.7. The molecule has 1 saturated heterocycles. The van der Waals surface area contributed by atoms with Crippen LogP contribution in [0.2, 0.25) is 0 Å². The van der Waals surface area contributed by atoms with Crippen molar-refractivity contribution in [3.8, 4) is 17.2 Å². The van der Waals surface area contributed by atoms with Crippen molar-refractivity contribution in [3.05, 3.63) is 30.1 Å². The van der Waals surface area contributed by atoms with Crippen LogP contribution in [0, 0.1) is 0 Å². The van der Waals surface area contributed by atoms with Crippen LogP contribution in [0.15, 0.2) is 28.8 Å². The lowest BCUT2D eigenvalue weighted by Gasteiger charge is -2.33. The van der Waals surface area contributed by atoms with Gasteiger partial charge in [-0.2, -0.15) is 18.2 Å². The van der Waals surface area contributed by atoms with E-state index in [9.17, 15) is 13.2 Å². The van der Waals surface area contributed by atoms with E-state index >= 15 is 0 Å². The maximum Gasteiger partial charge on any atom is 0.411 e. The minimum Gasteiger partial charge on any atom is -0.491 e. The van der Waals surface area contributed by atoms with Gasteiger partial charge in [0.15, 0.2) is 5.82 Å². The van der Waals surface area contributed by atoms with Gasteiger partial charge in [-0.3, -0.25) is 4.90 Å². The standard InChI is InChI=1S/C19H24F3N3O3/c1-14-6-4-5-9-25(14)10-11-27-16-8-3-2-7-15(16)18-23-17(24-28-18)12-26-13-19(20,21)22/h2-3,7-8,14H,4-6,9-13H2,1H3. The highest BCUT2D eigenvalue weighted by Crippen LogP contribution is 2.29. The van der Waals surface area contributed by atoms with Crippen molar-refractivity contribution in [1.29, 1.82) is 0 Å². The fourth-order valence-electron chi connectivity index (χ4n) is 3.21. The summed E-state index contributed by atoms with van der Waals surface area (Å²) in [6, 6.07) is 7.78. The number of alkyl halides is 3. The first-order chi connectivity index (χ1) is 13.4. The number of hydrogen-bond donors (Lipinski definition) is 0. The molecule has 0 saturated carbocycles. The fourth-order valence-corrected chi connectivity index (χ4v) is 3.21. The Morgan fingerprint density at radius 3 is 2.86 bits per heavy atom. The number of aromatic nitrogens is 2. The number of benzene rings is 1. The van der Waals surface area contributed by atoms with Gasteiger partial charge in [0.25, 0.3) is 5.89 Å². The molecule has 1 aliphatic rings. The van der Waals surface area contributed by atoms with Crippen LogP contribution in [0.4, 0.5) is 13.2 Å². The van der Waals surface area contributed by atoms with Crippen LogP contribution in [0.5, 0.6) is 5.75 Å². The maximum atomic E-state index is 12.1. The monoisotopic (exact) mass is 399 g/mol. The van der Waals surface area contributed by atoms with Crippen molar-refractivity contribution < 1.29 is 27.2 Å². The summed E-state index contributed by atoms with van der Waals surface area (Å²) in [7, 11) is 0. The van der Waals surface area contributed by atoms with Crippen LogP contribution >= 0.6 is 0 Å². The Morgan fingerprint density at radius 2 is 2.07 bits per heavy atom. The molecule has 1 fully saturated rings. The van der Waals surface area contributed by atoms with Gasteiger partial charge in [-0.1, -0.05) is 23.7 Å². The summed E-state index contributed by atoms with van der Waals surface area (Å²) >= 11 is 0. The molecule has 6 nitrogen and oxygen atoms in total. The Hall–Kier alpha value is -2.13. The molecule has 2 heterocycles. The van der Waals surface area contributed by atoms with Crippen molar-refractivity contribution in [3.63, 3.8) is 0 Å². The number of para-hydroxylation sites is 1. The van der Waals surface area contributed by atoms with E-state index < -0.39 is 12.8 Å². The van der Waals surface area contributed by atoms with E-state index in [1.54, 1.807) is 18.2 Å². The van der Waals surface area contributed by atoms with E-state index in [0.717, 1.165) is 13.1 Å². The first-order valence-electron chi connectivity index (χ1n) is 9.36. The van der Waals surface area contributed by atoms with E-state index in [2.05, 4.69) is 26.7 Å². The molecule has 1 aromatic carbocycles. The molecular weight excluding hydrogens is 375 g/mol. The van der Waals surface area contributed by atoms with Crippen LogP contribution in [-0.4, -0.2) is 53.6 Å². The largest absolute Gasteiger partial charge is 0.491 e. The van der Waals surface area contributed by atoms with Gasteiger partial charge in [-0.25, -0.2) is 0 Å². The number of hydrogen-bond acceptors (Lipinski definition) is 6. The second kappa shape index (κ2) is 9.38. The Bertz CT molecular complexity index is 751. The highest BCUT2D eigenvalue weighted by Gasteiger charge is 2.27. The number of piperidine rings is 1. The molecule has 2 aromatic rings. The molecule has 0 spiro atoms. The topological polar surface area (TPSA) is 60.6 Å². The molecule has 28 heavy (non-hydrogen) atoms. The molecule has 9 heteroatoms. The van der Waals surface area contributed by atoms with Crippen molar-refractivity contribution in [1.82, 2.24) is 15.0 Å². The van der Waals surface area contributed by atoms with Crippen LogP contribution in [0.1, 0.15) is 32.0 Å². The minimum absolute atomic E-state index is 0.0520. The quantitative estimate of drug-likeness (QED) is 0.667. The van der Waals surface area contributed by atoms with Crippen molar-refractivity contribution >= 4 is 0 Å². The van der Waals surface area contributed by atoms with Crippen LogP contribution in [0.25, 0.3) is 11.5 Å². The van der Waals surface area contributed by atoms with Crippen LogP contribution < -0.4 is 4.74 Å². The predicted octanol–water partition coefficient (Wildman–Crippen LogP) is 4.07. The number of halogens is 3. The molecule has 0 radical (unpaired) electrons. The molecule has 0 aliphatic carbocycles. The zero-order chi connectivity index (χ0) is 20.0. The van der Waals surface area contributed by atoms with Gasteiger partial charge in [-0.05, 0) is 38.4 Å². The minimum atomic E-state index is -4.39. The number of likely N-dealkylation sites (tertiary alicyclic amines) is 1. The number of ether oxygens (including phenoxy) is 2. The van der Waals surface area contributed by atoms with Crippen LogP contribution in [0.3, 0.4) is 0 Å². The average molecular weight is 399 g/mol. The van der Waals surface area contributed by atoms with Gasteiger partial charge < -0.3 is 14.0 Å². The molecule has 154 valence electrons.